The van der Waals surface area contributed by atoms with Crippen LogP contribution >= 0.6 is 0 Å². The average Bonchev–Trinajstić information content (AvgIpc) is 2.99. The molecule has 3 rings (SSSR count). The van der Waals surface area contributed by atoms with Gasteiger partial charge in [-0.3, -0.25) is 4.57 Å². The van der Waals surface area contributed by atoms with E-state index < -0.39 is 0 Å². The van der Waals surface area contributed by atoms with Crippen molar-refractivity contribution >= 4 is 17.0 Å². The summed E-state index contributed by atoms with van der Waals surface area (Å²) >= 11 is 0. The smallest absolute Gasteiger partial charge is 0.320 e. The molecule has 0 atom stereocenters. The van der Waals surface area contributed by atoms with Crippen LogP contribution in [-0.4, -0.2) is 46.4 Å². The standard InChI is InChI=1S/C17H27N5O3/c1-3-4-9-25-16-20-14(18)13-15(21-16)22(17(19-13)23-2)8-5-12-6-10-24-11-7-12/h12H,3-11H2,1-2H3,(H2,18,20,21). The quantitative estimate of drug-likeness (QED) is 0.731. The summed E-state index contributed by atoms with van der Waals surface area (Å²) in [7, 11) is 1.61. The molecule has 0 spiro atoms. The molecule has 0 amide bonds. The van der Waals surface area contributed by atoms with Gasteiger partial charge in [0.15, 0.2) is 17.0 Å². The number of nitrogens with zero attached hydrogens (tertiary/aromatic N) is 4. The fourth-order valence-corrected chi connectivity index (χ4v) is 3.06. The predicted octanol–water partition coefficient (Wildman–Crippen LogP) is 2.41. The Bertz CT molecular complexity index is 697. The zero-order valence-corrected chi connectivity index (χ0v) is 15.0. The Morgan fingerprint density at radius 3 is 2.76 bits per heavy atom. The fraction of sp³-hybridized carbons (Fsp3) is 0.706. The highest BCUT2D eigenvalue weighted by Gasteiger charge is 2.20. The van der Waals surface area contributed by atoms with E-state index in [0.717, 1.165) is 51.9 Å². The van der Waals surface area contributed by atoms with Crippen LogP contribution in [0.4, 0.5) is 5.82 Å². The zero-order valence-electron chi connectivity index (χ0n) is 15.0. The third-order valence-corrected chi connectivity index (χ3v) is 4.58. The summed E-state index contributed by atoms with van der Waals surface area (Å²) in [4.78, 5) is 13.2. The third kappa shape index (κ3) is 4.12. The van der Waals surface area contributed by atoms with Crippen LogP contribution < -0.4 is 15.2 Å². The number of nitrogen functional groups attached to an aromatic ring is 1. The van der Waals surface area contributed by atoms with Gasteiger partial charge in [0, 0.05) is 19.8 Å². The monoisotopic (exact) mass is 349 g/mol. The summed E-state index contributed by atoms with van der Waals surface area (Å²) in [5.41, 5.74) is 7.29. The van der Waals surface area contributed by atoms with Crippen LogP contribution in [0.5, 0.6) is 12.0 Å². The second kappa shape index (κ2) is 8.33. The van der Waals surface area contributed by atoms with E-state index in [0.29, 0.717) is 41.5 Å². The van der Waals surface area contributed by atoms with E-state index in [1.54, 1.807) is 7.11 Å². The first kappa shape index (κ1) is 17.7. The van der Waals surface area contributed by atoms with Crippen molar-refractivity contribution in [3.05, 3.63) is 0 Å². The number of hydrogen-bond donors (Lipinski definition) is 1. The molecule has 1 fully saturated rings. The van der Waals surface area contributed by atoms with Gasteiger partial charge in [0.05, 0.1) is 13.7 Å². The number of methoxy groups -OCH3 is 1. The van der Waals surface area contributed by atoms with Gasteiger partial charge in [-0.15, -0.1) is 0 Å². The van der Waals surface area contributed by atoms with E-state index in [4.69, 9.17) is 19.9 Å². The molecule has 0 radical (unpaired) electrons. The molecule has 2 aromatic heterocycles. The number of fused-ring (bicyclic) bond motifs is 1. The predicted molar refractivity (Wildman–Crippen MR) is 94.9 cm³/mol. The Kier molecular flexibility index (Phi) is 5.91. The van der Waals surface area contributed by atoms with Crippen LogP contribution in [0.1, 0.15) is 39.0 Å². The number of rotatable bonds is 8. The molecule has 2 N–H and O–H groups in total. The number of unbranched alkanes of at least 4 members (excludes halogenated alkanes) is 1. The summed E-state index contributed by atoms with van der Waals surface area (Å²) in [6.07, 6.45) is 5.22. The number of aromatic nitrogens is 4. The van der Waals surface area contributed by atoms with Crippen LogP contribution in [-0.2, 0) is 11.3 Å². The Hall–Kier alpha value is -2.09. The lowest BCUT2D eigenvalue weighted by Gasteiger charge is -2.22. The lowest BCUT2D eigenvalue weighted by molar-refractivity contribution is 0.0625. The Morgan fingerprint density at radius 2 is 2.04 bits per heavy atom. The van der Waals surface area contributed by atoms with Crippen LogP contribution in [0.15, 0.2) is 0 Å². The van der Waals surface area contributed by atoms with E-state index in [2.05, 4.69) is 21.9 Å². The van der Waals surface area contributed by atoms with E-state index >= 15 is 0 Å². The molecule has 138 valence electrons. The highest BCUT2D eigenvalue weighted by atomic mass is 16.5. The Morgan fingerprint density at radius 1 is 1.24 bits per heavy atom. The minimum absolute atomic E-state index is 0.299. The van der Waals surface area contributed by atoms with Crippen molar-refractivity contribution < 1.29 is 14.2 Å². The first-order valence-electron chi connectivity index (χ1n) is 9.01. The molecule has 1 saturated heterocycles. The van der Waals surface area contributed by atoms with E-state index in [-0.39, 0.29) is 0 Å². The van der Waals surface area contributed by atoms with Gasteiger partial charge in [0.1, 0.15) is 0 Å². The average molecular weight is 349 g/mol. The van der Waals surface area contributed by atoms with Crippen molar-refractivity contribution in [2.45, 2.75) is 45.6 Å². The molecule has 0 aliphatic carbocycles. The van der Waals surface area contributed by atoms with Crippen LogP contribution in [0.25, 0.3) is 11.2 Å². The summed E-state index contributed by atoms with van der Waals surface area (Å²) in [6.45, 7) is 5.15. The van der Waals surface area contributed by atoms with E-state index in [1.807, 2.05) is 4.57 Å². The number of ether oxygens (including phenoxy) is 3. The summed E-state index contributed by atoms with van der Waals surface area (Å²) < 4.78 is 18.5. The van der Waals surface area contributed by atoms with E-state index in [1.165, 1.54) is 0 Å². The lowest BCUT2D eigenvalue weighted by Crippen LogP contribution is -2.17. The number of imidazole rings is 1. The first-order valence-corrected chi connectivity index (χ1v) is 9.01. The van der Waals surface area contributed by atoms with Gasteiger partial charge in [0.25, 0.3) is 6.01 Å². The minimum Gasteiger partial charge on any atom is -0.468 e. The highest BCUT2D eigenvalue weighted by molar-refractivity contribution is 5.83. The van der Waals surface area contributed by atoms with Gasteiger partial charge in [0.2, 0.25) is 0 Å². The van der Waals surface area contributed by atoms with Gasteiger partial charge in [-0.2, -0.15) is 15.0 Å². The molecule has 0 unspecified atom stereocenters. The molecule has 0 saturated carbocycles. The lowest BCUT2D eigenvalue weighted by atomic mass is 9.97. The van der Waals surface area contributed by atoms with Crippen molar-refractivity contribution in [3.8, 4) is 12.0 Å². The van der Waals surface area contributed by atoms with Crippen LogP contribution in [0.3, 0.4) is 0 Å². The molecule has 1 aliphatic heterocycles. The molecule has 1 aliphatic rings. The van der Waals surface area contributed by atoms with Crippen molar-refractivity contribution in [1.82, 2.24) is 19.5 Å². The van der Waals surface area contributed by atoms with Crippen molar-refractivity contribution in [2.24, 2.45) is 5.92 Å². The topological polar surface area (TPSA) is 97.3 Å². The van der Waals surface area contributed by atoms with Gasteiger partial charge >= 0.3 is 6.01 Å². The first-order chi connectivity index (χ1) is 12.2. The highest BCUT2D eigenvalue weighted by Crippen LogP contribution is 2.27. The molecular weight excluding hydrogens is 322 g/mol. The summed E-state index contributed by atoms with van der Waals surface area (Å²) in [6, 6.07) is 0.807. The van der Waals surface area contributed by atoms with Gasteiger partial charge < -0.3 is 19.9 Å². The minimum atomic E-state index is 0.299. The summed E-state index contributed by atoms with van der Waals surface area (Å²) in [5.74, 6) is 0.968. The zero-order chi connectivity index (χ0) is 17.6. The number of nitrogens with two attached hydrogens (primary N) is 1. The molecule has 0 aromatic carbocycles. The maximum absolute atomic E-state index is 6.06. The normalized spacial score (nSPS) is 15.6. The Labute approximate surface area is 147 Å². The molecule has 2 aromatic rings. The van der Waals surface area contributed by atoms with Gasteiger partial charge in [-0.05, 0) is 31.6 Å². The van der Waals surface area contributed by atoms with Gasteiger partial charge in [-0.25, -0.2) is 0 Å². The maximum Gasteiger partial charge on any atom is 0.320 e. The molecule has 8 heteroatoms. The van der Waals surface area contributed by atoms with Crippen LogP contribution in [0.2, 0.25) is 0 Å². The number of anilines is 1. The second-order valence-electron chi connectivity index (χ2n) is 6.36. The molecule has 25 heavy (non-hydrogen) atoms. The molecular formula is C17H27N5O3. The molecule has 0 bridgehead atoms. The van der Waals surface area contributed by atoms with Crippen molar-refractivity contribution in [3.63, 3.8) is 0 Å². The third-order valence-electron chi connectivity index (χ3n) is 4.58. The summed E-state index contributed by atoms with van der Waals surface area (Å²) in [5, 5.41) is 0. The number of aryl methyl sites for hydroxylation is 1. The largest absolute Gasteiger partial charge is 0.468 e. The fourth-order valence-electron chi connectivity index (χ4n) is 3.06. The molecule has 3 heterocycles. The second-order valence-corrected chi connectivity index (χ2v) is 6.36. The van der Waals surface area contributed by atoms with Crippen LogP contribution in [0, 0.1) is 5.92 Å². The van der Waals surface area contributed by atoms with E-state index in [9.17, 15) is 0 Å². The molecule has 8 nitrogen and oxygen atoms in total. The van der Waals surface area contributed by atoms with Crippen molar-refractivity contribution in [1.29, 1.82) is 0 Å². The number of hydrogen-bond acceptors (Lipinski definition) is 7. The SMILES string of the molecule is CCCCOc1nc(N)c2nc(OC)n(CCC3CCOCC3)c2n1. The Balaban J connectivity index is 1.83. The van der Waals surface area contributed by atoms with Gasteiger partial charge in [-0.1, -0.05) is 13.3 Å². The maximum atomic E-state index is 6.06. The van der Waals surface area contributed by atoms with Crippen molar-refractivity contribution in [2.75, 3.05) is 32.7 Å².